The number of hydrogen-bond donors (Lipinski definition) is 1. The predicted octanol–water partition coefficient (Wildman–Crippen LogP) is 5.75. The molecule has 1 aromatic carbocycles. The van der Waals surface area contributed by atoms with Gasteiger partial charge in [0.1, 0.15) is 5.01 Å². The average molecular weight is 389 g/mol. The highest BCUT2D eigenvalue weighted by Crippen LogP contribution is 2.28. The molecule has 0 aliphatic rings. The molecule has 0 unspecified atom stereocenters. The number of aromatic nitrogens is 1. The van der Waals surface area contributed by atoms with Gasteiger partial charge in [-0.2, -0.15) is 11.3 Å². The van der Waals surface area contributed by atoms with Crippen molar-refractivity contribution in [1.82, 2.24) is 4.98 Å². The lowest BCUT2D eigenvalue weighted by atomic mass is 10.1. The summed E-state index contributed by atoms with van der Waals surface area (Å²) in [5.74, 6) is 0.776. The van der Waals surface area contributed by atoms with E-state index >= 15 is 0 Å². The van der Waals surface area contributed by atoms with Gasteiger partial charge in [0.25, 0.3) is 0 Å². The molecular formula is C19H20N2OS3. The van der Waals surface area contributed by atoms with Gasteiger partial charge in [0.2, 0.25) is 5.91 Å². The minimum absolute atomic E-state index is 0.0377. The number of thioether (sulfide) groups is 1. The molecule has 2 heterocycles. The van der Waals surface area contributed by atoms with Gasteiger partial charge in [-0.05, 0) is 43.3 Å². The van der Waals surface area contributed by atoms with E-state index in [4.69, 9.17) is 0 Å². The van der Waals surface area contributed by atoms with Gasteiger partial charge in [-0.1, -0.05) is 18.2 Å². The van der Waals surface area contributed by atoms with E-state index in [1.54, 1.807) is 34.4 Å². The first kappa shape index (κ1) is 18.2. The highest BCUT2D eigenvalue weighted by molar-refractivity contribution is 7.99. The van der Waals surface area contributed by atoms with E-state index in [1.807, 2.05) is 39.0 Å². The summed E-state index contributed by atoms with van der Waals surface area (Å²) in [6, 6.07) is 8.12. The number of hydrogen-bond acceptors (Lipinski definition) is 5. The van der Waals surface area contributed by atoms with Crippen molar-refractivity contribution in [3.63, 3.8) is 0 Å². The zero-order valence-electron chi connectivity index (χ0n) is 14.4. The average Bonchev–Trinajstić information content (AvgIpc) is 3.26. The molecule has 3 nitrogen and oxygen atoms in total. The number of thiophene rings is 1. The molecule has 0 spiro atoms. The molecule has 0 aliphatic heterocycles. The maximum atomic E-state index is 12.5. The first-order chi connectivity index (χ1) is 12.0. The van der Waals surface area contributed by atoms with Crippen molar-refractivity contribution < 1.29 is 4.79 Å². The Morgan fingerprint density at radius 1 is 1.24 bits per heavy atom. The van der Waals surface area contributed by atoms with Crippen LogP contribution in [0.1, 0.15) is 23.7 Å². The maximum absolute atomic E-state index is 12.5. The Morgan fingerprint density at radius 2 is 2.00 bits per heavy atom. The van der Waals surface area contributed by atoms with E-state index in [2.05, 4.69) is 32.5 Å². The molecule has 1 N–H and O–H groups in total. The molecule has 1 atom stereocenters. The van der Waals surface area contributed by atoms with E-state index in [0.29, 0.717) is 0 Å². The van der Waals surface area contributed by atoms with Crippen LogP contribution in [0.4, 0.5) is 5.69 Å². The van der Waals surface area contributed by atoms with Crippen LogP contribution >= 0.6 is 34.4 Å². The summed E-state index contributed by atoms with van der Waals surface area (Å²) in [5, 5.41) is 10.2. The minimum atomic E-state index is -0.134. The highest BCUT2D eigenvalue weighted by Gasteiger charge is 2.16. The molecule has 0 aliphatic carbocycles. The maximum Gasteiger partial charge on any atom is 0.237 e. The smallest absolute Gasteiger partial charge is 0.237 e. The molecular weight excluding hydrogens is 368 g/mol. The van der Waals surface area contributed by atoms with Crippen LogP contribution in [-0.4, -0.2) is 16.1 Å². The van der Waals surface area contributed by atoms with Gasteiger partial charge < -0.3 is 5.32 Å². The summed E-state index contributed by atoms with van der Waals surface area (Å²) in [6.07, 6.45) is 0. The van der Waals surface area contributed by atoms with E-state index in [9.17, 15) is 4.79 Å². The second-order valence-electron chi connectivity index (χ2n) is 5.87. The first-order valence-corrected chi connectivity index (χ1v) is 10.9. The number of anilines is 1. The number of rotatable bonds is 6. The van der Waals surface area contributed by atoms with E-state index in [-0.39, 0.29) is 11.2 Å². The number of aryl methyl sites for hydroxylation is 2. The van der Waals surface area contributed by atoms with Crippen molar-refractivity contribution in [2.24, 2.45) is 0 Å². The molecule has 25 heavy (non-hydrogen) atoms. The first-order valence-electron chi connectivity index (χ1n) is 8.00. The Balaban J connectivity index is 1.57. The molecule has 0 bridgehead atoms. The van der Waals surface area contributed by atoms with Gasteiger partial charge in [0, 0.05) is 27.8 Å². The number of carbonyl (C=O) groups excluding carboxylic acids is 1. The number of nitrogens with one attached hydrogen (secondary N) is 1. The van der Waals surface area contributed by atoms with E-state index in [1.165, 1.54) is 5.56 Å². The van der Waals surface area contributed by atoms with Crippen LogP contribution < -0.4 is 5.32 Å². The lowest BCUT2D eigenvalue weighted by Crippen LogP contribution is -2.23. The molecule has 6 heteroatoms. The number of para-hydroxylation sites is 1. The standard InChI is InChI=1S/C19H20N2OS3/c1-12-5-4-6-13(2)17(12)21-18(22)14(3)24-10-16-11-25-19(20-16)15-7-8-23-9-15/h4-9,11,14H,10H2,1-3H3,(H,21,22)/t14-/m0/s1. The van der Waals surface area contributed by atoms with Gasteiger partial charge in [0.15, 0.2) is 0 Å². The van der Waals surface area contributed by atoms with Gasteiger partial charge in [-0.25, -0.2) is 4.98 Å². The zero-order chi connectivity index (χ0) is 17.8. The van der Waals surface area contributed by atoms with E-state index < -0.39 is 0 Å². The molecule has 2 aromatic heterocycles. The topological polar surface area (TPSA) is 42.0 Å². The monoisotopic (exact) mass is 388 g/mol. The summed E-state index contributed by atoms with van der Waals surface area (Å²) >= 11 is 4.95. The Labute approximate surface area is 160 Å². The number of carbonyl (C=O) groups is 1. The molecule has 1 amide bonds. The van der Waals surface area contributed by atoms with Crippen LogP contribution in [-0.2, 0) is 10.5 Å². The lowest BCUT2D eigenvalue weighted by Gasteiger charge is -2.15. The molecule has 0 saturated heterocycles. The second-order valence-corrected chi connectivity index (χ2v) is 8.83. The fourth-order valence-corrected chi connectivity index (χ4v) is 4.83. The molecule has 0 saturated carbocycles. The SMILES string of the molecule is Cc1cccc(C)c1NC(=O)[C@H](C)SCc1csc(-c2ccsc2)n1. The Hall–Kier alpha value is -1.63. The summed E-state index contributed by atoms with van der Waals surface area (Å²) in [5.41, 5.74) is 5.30. The van der Waals surface area contributed by atoms with Crippen LogP contribution in [0.3, 0.4) is 0 Å². The van der Waals surface area contributed by atoms with Crippen LogP contribution in [0.25, 0.3) is 10.6 Å². The molecule has 0 radical (unpaired) electrons. The molecule has 3 aromatic rings. The lowest BCUT2D eigenvalue weighted by molar-refractivity contribution is -0.115. The van der Waals surface area contributed by atoms with Crippen molar-refractivity contribution in [3.8, 4) is 10.6 Å². The fourth-order valence-electron chi connectivity index (χ4n) is 2.41. The van der Waals surface area contributed by atoms with Gasteiger partial charge >= 0.3 is 0 Å². The second kappa shape index (κ2) is 8.17. The largest absolute Gasteiger partial charge is 0.325 e. The normalized spacial score (nSPS) is 12.1. The number of nitrogens with zero attached hydrogens (tertiary/aromatic N) is 1. The minimum Gasteiger partial charge on any atom is -0.325 e. The van der Waals surface area contributed by atoms with Crippen LogP contribution in [0.15, 0.2) is 40.4 Å². The summed E-state index contributed by atoms with van der Waals surface area (Å²) in [7, 11) is 0. The zero-order valence-corrected chi connectivity index (χ0v) is 16.9. The summed E-state index contributed by atoms with van der Waals surface area (Å²) in [6.45, 7) is 5.98. The third-order valence-electron chi connectivity index (χ3n) is 3.90. The Kier molecular flexibility index (Phi) is 5.93. The van der Waals surface area contributed by atoms with Crippen molar-refractivity contribution in [2.45, 2.75) is 31.8 Å². The number of benzene rings is 1. The summed E-state index contributed by atoms with van der Waals surface area (Å²) < 4.78 is 0. The number of thiazole rings is 1. The summed E-state index contributed by atoms with van der Waals surface area (Å²) in [4.78, 5) is 17.2. The molecule has 130 valence electrons. The van der Waals surface area contributed by atoms with Gasteiger partial charge in [-0.3, -0.25) is 4.79 Å². The Morgan fingerprint density at radius 3 is 2.68 bits per heavy atom. The van der Waals surface area contributed by atoms with Crippen molar-refractivity contribution >= 4 is 46.0 Å². The predicted molar refractivity (Wildman–Crippen MR) is 111 cm³/mol. The quantitative estimate of drug-likeness (QED) is 0.585. The number of amides is 1. The van der Waals surface area contributed by atoms with Crippen molar-refractivity contribution in [1.29, 1.82) is 0 Å². The molecule has 0 fully saturated rings. The van der Waals surface area contributed by atoms with E-state index in [0.717, 1.165) is 33.3 Å². The van der Waals surface area contributed by atoms with Crippen LogP contribution in [0.2, 0.25) is 0 Å². The van der Waals surface area contributed by atoms with Crippen LogP contribution in [0.5, 0.6) is 0 Å². The van der Waals surface area contributed by atoms with Gasteiger partial charge in [-0.15, -0.1) is 23.1 Å². The molecule has 3 rings (SSSR count). The van der Waals surface area contributed by atoms with Gasteiger partial charge in [0.05, 0.1) is 10.9 Å². The van der Waals surface area contributed by atoms with Crippen LogP contribution in [0, 0.1) is 13.8 Å². The third-order valence-corrected chi connectivity index (χ3v) is 6.70. The highest BCUT2D eigenvalue weighted by atomic mass is 32.2. The Bertz CT molecular complexity index is 835. The fraction of sp³-hybridized carbons (Fsp3) is 0.263. The van der Waals surface area contributed by atoms with Crippen molar-refractivity contribution in [3.05, 3.63) is 57.2 Å². The van der Waals surface area contributed by atoms with Crippen molar-refractivity contribution in [2.75, 3.05) is 5.32 Å². The third kappa shape index (κ3) is 4.51.